The van der Waals surface area contributed by atoms with Crippen LogP contribution >= 0.6 is 0 Å². The number of fused-ring (bicyclic) bond motifs is 5. The number of carbonyl (C=O) groups is 2. The minimum atomic E-state index is -1.97. The molecule has 1 aromatic carbocycles. The number of aromatic nitrogens is 2. The molecule has 3 aromatic rings. The average Bonchev–Trinajstić information content (AvgIpc) is 3.25. The van der Waals surface area contributed by atoms with Crippen LogP contribution in [0.15, 0.2) is 22.5 Å². The van der Waals surface area contributed by atoms with Gasteiger partial charge >= 0.3 is 12.1 Å². The second-order valence-electron chi connectivity index (χ2n) is 11.9. The number of carbonyl (C=O) groups excluding carboxylic acids is 2. The molecule has 41 heavy (non-hydrogen) atoms. The van der Waals surface area contributed by atoms with Gasteiger partial charge in [0.25, 0.3) is 5.56 Å². The Morgan fingerprint density at radius 3 is 2.61 bits per heavy atom. The number of amides is 1. The van der Waals surface area contributed by atoms with Crippen LogP contribution in [0.25, 0.3) is 28.4 Å². The Morgan fingerprint density at radius 1 is 1.27 bits per heavy atom. The van der Waals surface area contributed by atoms with Gasteiger partial charge in [0.15, 0.2) is 5.60 Å². The normalized spacial score (nSPS) is 17.4. The molecule has 216 valence electrons. The quantitative estimate of drug-likeness (QED) is 0.336. The molecule has 2 aliphatic heterocycles. The third-order valence-corrected chi connectivity index (χ3v) is 7.58. The summed E-state index contributed by atoms with van der Waals surface area (Å²) >= 11 is 0. The number of benzene rings is 1. The highest BCUT2D eigenvalue weighted by atomic mass is 19.1. The van der Waals surface area contributed by atoms with E-state index in [1.807, 2.05) is 19.9 Å². The molecule has 0 fully saturated rings. The highest BCUT2D eigenvalue weighted by molar-refractivity contribution is 5.96. The number of rotatable bonds is 4. The molecule has 0 radical (unpaired) electrons. The van der Waals surface area contributed by atoms with Gasteiger partial charge in [-0.2, -0.15) is 0 Å². The van der Waals surface area contributed by atoms with Crippen LogP contribution < -0.4 is 10.9 Å². The molecule has 10 heteroatoms. The molecular weight excluding hydrogens is 529 g/mol. The van der Waals surface area contributed by atoms with E-state index in [2.05, 4.69) is 5.32 Å². The SMILES string of the molecule is CC[C@@]1(O)C(=O)OCc2c1cc1n(c2=O)Cc2c-1nc1cc(F)c(C)c(C=C(C)C)c1c2CNC(=O)OC(C)(C)C. The first-order chi connectivity index (χ1) is 19.2. The molecule has 0 unspecified atom stereocenters. The number of nitrogens with zero attached hydrogens (tertiary/aromatic N) is 2. The number of halogens is 1. The van der Waals surface area contributed by atoms with Crippen molar-refractivity contribution < 1.29 is 28.6 Å². The molecule has 0 saturated heterocycles. The molecule has 0 aliphatic carbocycles. The fourth-order valence-electron chi connectivity index (χ4n) is 5.57. The maximum Gasteiger partial charge on any atom is 0.407 e. The lowest BCUT2D eigenvalue weighted by atomic mass is 9.86. The number of hydrogen-bond donors (Lipinski definition) is 2. The minimum Gasteiger partial charge on any atom is -0.458 e. The minimum absolute atomic E-state index is 0.0152. The van der Waals surface area contributed by atoms with E-state index in [4.69, 9.17) is 14.5 Å². The lowest BCUT2D eigenvalue weighted by Gasteiger charge is -2.31. The maximum absolute atomic E-state index is 15.2. The highest BCUT2D eigenvalue weighted by Crippen LogP contribution is 2.41. The summed E-state index contributed by atoms with van der Waals surface area (Å²) in [5.41, 5.74) is 1.84. The van der Waals surface area contributed by atoms with Gasteiger partial charge in [0, 0.05) is 29.1 Å². The summed E-state index contributed by atoms with van der Waals surface area (Å²) in [5, 5.41) is 14.7. The number of esters is 1. The van der Waals surface area contributed by atoms with E-state index >= 15 is 4.39 Å². The number of nitrogens with one attached hydrogen (secondary N) is 1. The van der Waals surface area contributed by atoms with Crippen molar-refractivity contribution in [1.29, 1.82) is 0 Å². The van der Waals surface area contributed by atoms with Crippen LogP contribution in [0.2, 0.25) is 0 Å². The van der Waals surface area contributed by atoms with Gasteiger partial charge in [0.1, 0.15) is 18.0 Å². The Labute approximate surface area is 237 Å². The summed E-state index contributed by atoms with van der Waals surface area (Å²) in [6.45, 7) is 12.4. The van der Waals surface area contributed by atoms with Gasteiger partial charge in [0.2, 0.25) is 0 Å². The molecule has 1 atom stereocenters. The average molecular weight is 564 g/mol. The van der Waals surface area contributed by atoms with Crippen LogP contribution in [-0.4, -0.2) is 32.3 Å². The molecule has 5 rings (SSSR count). The van der Waals surface area contributed by atoms with Crippen LogP contribution in [0.5, 0.6) is 0 Å². The van der Waals surface area contributed by atoms with Crippen LogP contribution in [-0.2, 0) is 39.6 Å². The largest absolute Gasteiger partial charge is 0.458 e. The summed E-state index contributed by atoms with van der Waals surface area (Å²) in [6.07, 6.45) is 1.27. The predicted octanol–water partition coefficient (Wildman–Crippen LogP) is 4.98. The van der Waals surface area contributed by atoms with E-state index < -0.39 is 34.6 Å². The first-order valence-electron chi connectivity index (χ1n) is 13.6. The summed E-state index contributed by atoms with van der Waals surface area (Å²) in [7, 11) is 0. The molecule has 0 saturated carbocycles. The summed E-state index contributed by atoms with van der Waals surface area (Å²) < 4.78 is 27.4. The van der Waals surface area contributed by atoms with Crippen molar-refractivity contribution >= 4 is 29.0 Å². The summed E-state index contributed by atoms with van der Waals surface area (Å²) in [6, 6.07) is 2.96. The lowest BCUT2D eigenvalue weighted by molar-refractivity contribution is -0.172. The van der Waals surface area contributed by atoms with E-state index in [0.29, 0.717) is 44.5 Å². The van der Waals surface area contributed by atoms with Gasteiger partial charge in [-0.1, -0.05) is 18.6 Å². The van der Waals surface area contributed by atoms with Crippen molar-refractivity contribution in [3.8, 4) is 11.4 Å². The van der Waals surface area contributed by atoms with Gasteiger partial charge in [-0.15, -0.1) is 0 Å². The van der Waals surface area contributed by atoms with E-state index in [1.165, 1.54) is 10.6 Å². The second-order valence-corrected chi connectivity index (χ2v) is 11.9. The smallest absolute Gasteiger partial charge is 0.407 e. The van der Waals surface area contributed by atoms with Crippen molar-refractivity contribution in [3.63, 3.8) is 0 Å². The van der Waals surface area contributed by atoms with Gasteiger partial charge in [-0.3, -0.25) is 4.79 Å². The molecule has 1 amide bonds. The molecule has 2 aliphatic rings. The van der Waals surface area contributed by atoms with Crippen molar-refractivity contribution in [2.24, 2.45) is 0 Å². The molecule has 0 bridgehead atoms. The maximum atomic E-state index is 15.2. The first-order valence-corrected chi connectivity index (χ1v) is 13.6. The predicted molar refractivity (Wildman–Crippen MR) is 152 cm³/mol. The zero-order valence-corrected chi connectivity index (χ0v) is 24.3. The summed E-state index contributed by atoms with van der Waals surface area (Å²) in [4.78, 5) is 43.8. The van der Waals surface area contributed by atoms with Crippen molar-refractivity contribution in [1.82, 2.24) is 14.9 Å². The van der Waals surface area contributed by atoms with Gasteiger partial charge < -0.3 is 24.5 Å². The fourth-order valence-corrected chi connectivity index (χ4v) is 5.57. The Bertz CT molecular complexity index is 1730. The van der Waals surface area contributed by atoms with Crippen LogP contribution in [0.4, 0.5) is 9.18 Å². The number of allylic oxidation sites excluding steroid dienone is 1. The molecule has 0 spiro atoms. The zero-order chi connectivity index (χ0) is 30.0. The third kappa shape index (κ3) is 4.69. The Kier molecular flexibility index (Phi) is 6.80. The van der Waals surface area contributed by atoms with E-state index in [9.17, 15) is 19.5 Å². The van der Waals surface area contributed by atoms with E-state index in [-0.39, 0.29) is 37.2 Å². The van der Waals surface area contributed by atoms with E-state index in [0.717, 1.165) is 5.57 Å². The second kappa shape index (κ2) is 9.80. The van der Waals surface area contributed by atoms with Gasteiger partial charge in [0.05, 0.1) is 29.0 Å². The van der Waals surface area contributed by atoms with Crippen molar-refractivity contribution in [3.05, 3.63) is 67.3 Å². The van der Waals surface area contributed by atoms with Crippen molar-refractivity contribution in [2.45, 2.75) is 85.8 Å². The number of hydrogen-bond acceptors (Lipinski definition) is 7. The highest BCUT2D eigenvalue weighted by Gasteiger charge is 2.45. The van der Waals surface area contributed by atoms with Gasteiger partial charge in [-0.05, 0) is 70.7 Å². The number of aliphatic hydroxyl groups is 1. The Morgan fingerprint density at radius 2 is 1.98 bits per heavy atom. The molecule has 4 heterocycles. The molecule has 2 N–H and O–H groups in total. The number of alkyl carbamates (subject to hydrolysis) is 1. The van der Waals surface area contributed by atoms with Crippen LogP contribution in [0, 0.1) is 12.7 Å². The monoisotopic (exact) mass is 563 g/mol. The zero-order valence-electron chi connectivity index (χ0n) is 24.3. The standard InChI is InChI=1S/C31H34FN3O6/c1-8-31(39)21-10-24-26-19(13-35(24)27(36)20(21)14-40-28(31)37)18(12-33-29(38)41-30(5,6)7)25-17(9-15(2)3)16(4)22(32)11-23(25)34-26/h9-11,39H,8,12-14H2,1-7H3,(H,33,38)/t31-/m0/s1. The Balaban J connectivity index is 1.79. The topological polar surface area (TPSA) is 120 Å². The third-order valence-electron chi connectivity index (χ3n) is 7.58. The lowest BCUT2D eigenvalue weighted by Crippen LogP contribution is -2.44. The molecular formula is C31H34FN3O6. The number of ether oxygens (including phenoxy) is 2. The number of pyridine rings is 2. The van der Waals surface area contributed by atoms with Gasteiger partial charge in [-0.25, -0.2) is 19.0 Å². The Hall–Kier alpha value is -4.05. The van der Waals surface area contributed by atoms with Crippen LogP contribution in [0.1, 0.15) is 81.3 Å². The van der Waals surface area contributed by atoms with Crippen molar-refractivity contribution in [2.75, 3.05) is 0 Å². The summed E-state index contributed by atoms with van der Waals surface area (Å²) in [5.74, 6) is -1.25. The van der Waals surface area contributed by atoms with Crippen LogP contribution in [0.3, 0.4) is 0 Å². The van der Waals surface area contributed by atoms with E-state index in [1.54, 1.807) is 40.7 Å². The molecule has 2 aromatic heterocycles. The first kappa shape index (κ1) is 28.5. The molecule has 9 nitrogen and oxygen atoms in total. The number of cyclic esters (lactones) is 1. The fraction of sp³-hybridized carbons (Fsp3) is 0.419.